The zero-order valence-corrected chi connectivity index (χ0v) is 12.4. The van der Waals surface area contributed by atoms with Gasteiger partial charge in [-0.3, -0.25) is 4.79 Å². The Morgan fingerprint density at radius 2 is 2.10 bits per heavy atom. The molecule has 1 aliphatic rings. The lowest BCUT2D eigenvalue weighted by atomic mass is 10.2. The Hall–Kier alpha value is -1.72. The molecule has 1 unspecified atom stereocenters. The molecular weight excluding hydrogens is 287 g/mol. The number of benzene rings is 1. The van der Waals surface area contributed by atoms with Crippen LogP contribution in [0.1, 0.15) is 22.5 Å². The van der Waals surface area contributed by atoms with Crippen LogP contribution in [-0.4, -0.2) is 25.0 Å². The Kier molecular flexibility index (Phi) is 4.31. The average Bonchev–Trinajstić information content (AvgIpc) is 3.17. The van der Waals surface area contributed by atoms with Crippen molar-refractivity contribution in [3.05, 3.63) is 47.1 Å². The van der Waals surface area contributed by atoms with Crippen molar-refractivity contribution >= 4 is 17.2 Å². The van der Waals surface area contributed by atoms with Crippen LogP contribution in [0.5, 0.6) is 0 Å². The minimum atomic E-state index is -0.252. The van der Waals surface area contributed by atoms with Gasteiger partial charge in [-0.05, 0) is 49.2 Å². The van der Waals surface area contributed by atoms with Gasteiger partial charge in [0.05, 0.1) is 4.88 Å². The van der Waals surface area contributed by atoms with Gasteiger partial charge in [0.15, 0.2) is 0 Å². The van der Waals surface area contributed by atoms with Crippen LogP contribution in [-0.2, 0) is 0 Å². The normalized spacial score (nSPS) is 17.9. The van der Waals surface area contributed by atoms with Gasteiger partial charge in [0.2, 0.25) is 0 Å². The second-order valence-electron chi connectivity index (χ2n) is 5.17. The lowest BCUT2D eigenvalue weighted by Gasteiger charge is -2.10. The molecule has 0 bridgehead atoms. The van der Waals surface area contributed by atoms with E-state index in [1.807, 2.05) is 12.1 Å². The van der Waals surface area contributed by atoms with E-state index in [2.05, 4.69) is 10.6 Å². The zero-order chi connectivity index (χ0) is 14.7. The highest BCUT2D eigenvalue weighted by Gasteiger charge is 2.16. The van der Waals surface area contributed by atoms with Crippen molar-refractivity contribution in [2.75, 3.05) is 13.1 Å². The first kappa shape index (κ1) is 14.2. The van der Waals surface area contributed by atoms with E-state index in [0.29, 0.717) is 17.5 Å². The molecule has 0 radical (unpaired) electrons. The molecule has 2 aromatic rings. The predicted molar refractivity (Wildman–Crippen MR) is 83.1 cm³/mol. The summed E-state index contributed by atoms with van der Waals surface area (Å²) < 4.78 is 12.9. The van der Waals surface area contributed by atoms with E-state index in [-0.39, 0.29) is 11.7 Å². The molecule has 2 N–H and O–H groups in total. The molecule has 0 spiro atoms. The quantitative estimate of drug-likeness (QED) is 0.911. The number of nitrogens with one attached hydrogen (secondary N) is 2. The number of hydrogen-bond donors (Lipinski definition) is 2. The van der Waals surface area contributed by atoms with Gasteiger partial charge in [0.25, 0.3) is 5.91 Å². The highest BCUT2D eigenvalue weighted by Crippen LogP contribution is 2.28. The summed E-state index contributed by atoms with van der Waals surface area (Å²) in [5, 5.41) is 6.32. The van der Waals surface area contributed by atoms with Gasteiger partial charge in [0.1, 0.15) is 5.82 Å². The van der Waals surface area contributed by atoms with Crippen molar-refractivity contribution in [2.24, 2.45) is 0 Å². The topological polar surface area (TPSA) is 41.1 Å². The number of rotatable bonds is 4. The van der Waals surface area contributed by atoms with Crippen molar-refractivity contribution in [3.8, 4) is 10.4 Å². The van der Waals surface area contributed by atoms with Crippen LogP contribution in [0, 0.1) is 5.82 Å². The molecule has 1 aromatic carbocycles. The lowest BCUT2D eigenvalue weighted by Crippen LogP contribution is -2.36. The smallest absolute Gasteiger partial charge is 0.261 e. The Balaban J connectivity index is 1.63. The zero-order valence-electron chi connectivity index (χ0n) is 11.6. The Bertz CT molecular complexity index is 617. The maximum absolute atomic E-state index is 12.9. The van der Waals surface area contributed by atoms with Crippen LogP contribution in [0.15, 0.2) is 36.4 Å². The Morgan fingerprint density at radius 3 is 2.81 bits per heavy atom. The molecule has 1 atom stereocenters. The second-order valence-corrected chi connectivity index (χ2v) is 6.26. The molecular formula is C16H17FN2OS. The van der Waals surface area contributed by atoms with Crippen molar-refractivity contribution in [2.45, 2.75) is 18.9 Å². The third kappa shape index (κ3) is 3.49. The summed E-state index contributed by atoms with van der Waals surface area (Å²) in [5.74, 6) is -0.292. The molecule has 3 rings (SSSR count). The van der Waals surface area contributed by atoms with Gasteiger partial charge in [0, 0.05) is 17.5 Å². The van der Waals surface area contributed by atoms with Gasteiger partial charge >= 0.3 is 0 Å². The molecule has 0 aliphatic carbocycles. The van der Waals surface area contributed by atoms with E-state index in [1.54, 1.807) is 12.1 Å². The SMILES string of the molecule is O=C(NCC1CCCN1)c1ccc(-c2ccc(F)cc2)s1. The number of carbonyl (C=O) groups excluding carboxylic acids is 1. The van der Waals surface area contributed by atoms with Crippen molar-refractivity contribution in [1.82, 2.24) is 10.6 Å². The Labute approximate surface area is 127 Å². The van der Waals surface area contributed by atoms with Gasteiger partial charge in [-0.25, -0.2) is 4.39 Å². The molecule has 3 nitrogen and oxygen atoms in total. The summed E-state index contributed by atoms with van der Waals surface area (Å²) in [7, 11) is 0. The Morgan fingerprint density at radius 1 is 1.29 bits per heavy atom. The summed E-state index contributed by atoms with van der Waals surface area (Å²) in [6.07, 6.45) is 2.29. The molecule has 1 amide bonds. The second kappa shape index (κ2) is 6.37. The van der Waals surface area contributed by atoms with Gasteiger partial charge in [-0.15, -0.1) is 11.3 Å². The summed E-state index contributed by atoms with van der Waals surface area (Å²) >= 11 is 1.43. The molecule has 5 heteroatoms. The van der Waals surface area contributed by atoms with Gasteiger partial charge in [-0.2, -0.15) is 0 Å². The van der Waals surface area contributed by atoms with E-state index in [4.69, 9.17) is 0 Å². The largest absolute Gasteiger partial charge is 0.350 e. The van der Waals surface area contributed by atoms with E-state index in [1.165, 1.54) is 29.9 Å². The van der Waals surface area contributed by atoms with E-state index in [0.717, 1.165) is 23.4 Å². The summed E-state index contributed by atoms with van der Waals surface area (Å²) in [6, 6.07) is 10.4. The molecule has 21 heavy (non-hydrogen) atoms. The molecule has 110 valence electrons. The number of thiophene rings is 1. The minimum absolute atomic E-state index is 0.0398. The van der Waals surface area contributed by atoms with Gasteiger partial charge in [-0.1, -0.05) is 12.1 Å². The third-order valence-electron chi connectivity index (χ3n) is 3.63. The predicted octanol–water partition coefficient (Wildman–Crippen LogP) is 3.04. The standard InChI is InChI=1S/C16H17FN2OS/c17-12-5-3-11(4-6-12)14-7-8-15(21-14)16(20)19-10-13-2-1-9-18-13/h3-8,13,18H,1-2,9-10H2,(H,19,20). The van der Waals surface area contributed by atoms with Crippen molar-refractivity contribution in [1.29, 1.82) is 0 Å². The number of halogens is 1. The number of amides is 1. The first-order valence-corrected chi connectivity index (χ1v) is 7.91. The van der Waals surface area contributed by atoms with E-state index < -0.39 is 0 Å². The van der Waals surface area contributed by atoms with Crippen LogP contribution in [0.25, 0.3) is 10.4 Å². The fourth-order valence-corrected chi connectivity index (χ4v) is 3.39. The first-order chi connectivity index (χ1) is 10.2. The summed E-state index contributed by atoms with van der Waals surface area (Å²) in [4.78, 5) is 13.8. The first-order valence-electron chi connectivity index (χ1n) is 7.10. The summed E-state index contributed by atoms with van der Waals surface area (Å²) in [6.45, 7) is 1.71. The average molecular weight is 304 g/mol. The summed E-state index contributed by atoms with van der Waals surface area (Å²) in [5.41, 5.74) is 0.929. The molecule has 1 fully saturated rings. The lowest BCUT2D eigenvalue weighted by molar-refractivity contribution is 0.0954. The van der Waals surface area contributed by atoms with Crippen LogP contribution in [0.3, 0.4) is 0 Å². The maximum Gasteiger partial charge on any atom is 0.261 e. The van der Waals surface area contributed by atoms with Crippen LogP contribution >= 0.6 is 11.3 Å². The number of carbonyl (C=O) groups is 1. The molecule has 1 aliphatic heterocycles. The number of hydrogen-bond acceptors (Lipinski definition) is 3. The monoisotopic (exact) mass is 304 g/mol. The van der Waals surface area contributed by atoms with E-state index in [9.17, 15) is 9.18 Å². The molecule has 0 saturated carbocycles. The fraction of sp³-hybridized carbons (Fsp3) is 0.312. The van der Waals surface area contributed by atoms with Crippen LogP contribution in [0.4, 0.5) is 4.39 Å². The molecule has 1 saturated heterocycles. The van der Waals surface area contributed by atoms with Crippen molar-refractivity contribution in [3.63, 3.8) is 0 Å². The highest BCUT2D eigenvalue weighted by molar-refractivity contribution is 7.17. The molecule has 1 aromatic heterocycles. The van der Waals surface area contributed by atoms with Crippen LogP contribution in [0.2, 0.25) is 0 Å². The fourth-order valence-electron chi connectivity index (χ4n) is 2.46. The van der Waals surface area contributed by atoms with Gasteiger partial charge < -0.3 is 10.6 Å². The maximum atomic E-state index is 12.9. The van der Waals surface area contributed by atoms with Crippen LogP contribution < -0.4 is 10.6 Å². The highest BCUT2D eigenvalue weighted by atomic mass is 32.1. The van der Waals surface area contributed by atoms with Crippen molar-refractivity contribution < 1.29 is 9.18 Å². The minimum Gasteiger partial charge on any atom is -0.350 e. The third-order valence-corrected chi connectivity index (χ3v) is 4.76. The molecule has 2 heterocycles. The van der Waals surface area contributed by atoms with E-state index >= 15 is 0 Å².